The molecule has 0 aliphatic heterocycles. The van der Waals surface area contributed by atoms with Crippen molar-refractivity contribution >= 4 is 28.5 Å². The normalized spacial score (nSPS) is 11.2. The van der Waals surface area contributed by atoms with E-state index in [1.54, 1.807) is 6.07 Å². The van der Waals surface area contributed by atoms with Crippen LogP contribution in [0.25, 0.3) is 11.1 Å². The maximum absolute atomic E-state index is 5.73. The molecule has 102 valence electrons. The van der Waals surface area contributed by atoms with Gasteiger partial charge in [-0.2, -0.15) is 4.98 Å². The molecular formula is C16H17N3O. The van der Waals surface area contributed by atoms with Crippen LogP contribution in [0.3, 0.4) is 0 Å². The van der Waals surface area contributed by atoms with Crippen molar-refractivity contribution in [3.63, 3.8) is 0 Å². The number of aromatic nitrogens is 1. The smallest absolute Gasteiger partial charge is 0.300 e. The first kappa shape index (κ1) is 12.5. The largest absolute Gasteiger partial charge is 0.423 e. The molecule has 1 heterocycles. The van der Waals surface area contributed by atoms with Crippen LogP contribution in [0.2, 0.25) is 0 Å². The minimum atomic E-state index is 0.478. The van der Waals surface area contributed by atoms with Gasteiger partial charge in [-0.05, 0) is 35.7 Å². The molecule has 0 aliphatic rings. The maximum atomic E-state index is 5.73. The summed E-state index contributed by atoms with van der Waals surface area (Å²) < 4.78 is 5.65. The van der Waals surface area contributed by atoms with Crippen molar-refractivity contribution < 1.29 is 4.42 Å². The van der Waals surface area contributed by atoms with Crippen LogP contribution < -0.4 is 11.1 Å². The third-order valence-electron chi connectivity index (χ3n) is 3.22. The monoisotopic (exact) mass is 267 g/mol. The molecule has 4 heteroatoms. The number of nitrogens with zero attached hydrogens (tertiary/aromatic N) is 1. The molecule has 0 radical (unpaired) electrons. The number of nitrogen functional groups attached to an aromatic ring is 1. The Kier molecular flexibility index (Phi) is 3.06. The second-order valence-electron chi connectivity index (χ2n) is 5.15. The van der Waals surface area contributed by atoms with Gasteiger partial charge in [0.2, 0.25) is 0 Å². The third-order valence-corrected chi connectivity index (χ3v) is 3.22. The zero-order chi connectivity index (χ0) is 14.1. The van der Waals surface area contributed by atoms with E-state index in [4.69, 9.17) is 10.2 Å². The van der Waals surface area contributed by atoms with Crippen molar-refractivity contribution in [2.75, 3.05) is 11.1 Å². The predicted octanol–water partition coefficient (Wildman–Crippen LogP) is 4.28. The van der Waals surface area contributed by atoms with Gasteiger partial charge in [0.25, 0.3) is 6.01 Å². The average molecular weight is 267 g/mol. The summed E-state index contributed by atoms with van der Waals surface area (Å²) in [6.07, 6.45) is 0. The molecule has 0 saturated heterocycles. The summed E-state index contributed by atoms with van der Waals surface area (Å²) in [7, 11) is 0. The molecule has 1 aromatic heterocycles. The average Bonchev–Trinajstić information content (AvgIpc) is 2.80. The molecule has 0 atom stereocenters. The maximum Gasteiger partial charge on any atom is 0.300 e. The van der Waals surface area contributed by atoms with Crippen LogP contribution in [0.5, 0.6) is 0 Å². The van der Waals surface area contributed by atoms with Gasteiger partial charge in [0.1, 0.15) is 5.52 Å². The van der Waals surface area contributed by atoms with Crippen LogP contribution in [-0.4, -0.2) is 4.98 Å². The number of nitrogens with two attached hydrogens (primary N) is 1. The minimum absolute atomic E-state index is 0.478. The van der Waals surface area contributed by atoms with Crippen molar-refractivity contribution in [2.24, 2.45) is 0 Å². The summed E-state index contributed by atoms with van der Waals surface area (Å²) in [6.45, 7) is 4.34. The number of benzene rings is 2. The Morgan fingerprint density at radius 2 is 2.00 bits per heavy atom. The summed E-state index contributed by atoms with van der Waals surface area (Å²) in [4.78, 5) is 4.39. The number of rotatable bonds is 3. The van der Waals surface area contributed by atoms with E-state index in [-0.39, 0.29) is 0 Å². The van der Waals surface area contributed by atoms with Crippen molar-refractivity contribution in [3.05, 3.63) is 48.0 Å². The number of anilines is 3. The Morgan fingerprint density at radius 1 is 1.15 bits per heavy atom. The molecule has 3 N–H and O–H groups in total. The summed E-state index contributed by atoms with van der Waals surface area (Å²) in [5.41, 5.74) is 10.1. The lowest BCUT2D eigenvalue weighted by molar-refractivity contribution is 0.623. The second kappa shape index (κ2) is 4.89. The molecule has 0 bridgehead atoms. The SMILES string of the molecule is CC(C)c1cccc(Nc2nc3ccc(N)cc3o2)c1. The molecule has 0 saturated carbocycles. The van der Waals surface area contributed by atoms with Gasteiger partial charge in [-0.3, -0.25) is 0 Å². The van der Waals surface area contributed by atoms with Gasteiger partial charge in [0, 0.05) is 17.4 Å². The topological polar surface area (TPSA) is 64.1 Å². The van der Waals surface area contributed by atoms with Crippen LogP contribution in [0.1, 0.15) is 25.3 Å². The molecular weight excluding hydrogens is 250 g/mol. The van der Waals surface area contributed by atoms with Gasteiger partial charge in [-0.25, -0.2) is 0 Å². The van der Waals surface area contributed by atoms with Crippen LogP contribution in [-0.2, 0) is 0 Å². The van der Waals surface area contributed by atoms with Crippen molar-refractivity contribution in [3.8, 4) is 0 Å². The first-order chi connectivity index (χ1) is 9.61. The van der Waals surface area contributed by atoms with Crippen LogP contribution in [0, 0.1) is 0 Å². The number of oxazole rings is 1. The molecule has 2 aromatic carbocycles. The van der Waals surface area contributed by atoms with Crippen LogP contribution in [0.4, 0.5) is 17.4 Å². The zero-order valence-electron chi connectivity index (χ0n) is 11.6. The van der Waals surface area contributed by atoms with Crippen molar-refractivity contribution in [1.82, 2.24) is 4.98 Å². The highest BCUT2D eigenvalue weighted by Crippen LogP contribution is 2.25. The number of hydrogen-bond acceptors (Lipinski definition) is 4. The summed E-state index contributed by atoms with van der Waals surface area (Å²) in [5, 5.41) is 3.19. The van der Waals surface area contributed by atoms with Crippen LogP contribution >= 0.6 is 0 Å². The Labute approximate surface area is 117 Å². The van der Waals surface area contributed by atoms with Crippen molar-refractivity contribution in [2.45, 2.75) is 19.8 Å². The summed E-state index contributed by atoms with van der Waals surface area (Å²) >= 11 is 0. The van der Waals surface area contributed by atoms with E-state index in [9.17, 15) is 0 Å². The summed E-state index contributed by atoms with van der Waals surface area (Å²) in [5.74, 6) is 0.486. The predicted molar refractivity (Wildman–Crippen MR) is 82.2 cm³/mol. The molecule has 20 heavy (non-hydrogen) atoms. The lowest BCUT2D eigenvalue weighted by atomic mass is 10.0. The zero-order valence-corrected chi connectivity index (χ0v) is 11.6. The van der Waals surface area contributed by atoms with E-state index in [2.05, 4.69) is 36.3 Å². The molecule has 0 aliphatic carbocycles. The fourth-order valence-electron chi connectivity index (χ4n) is 2.09. The molecule has 3 aromatic rings. The minimum Gasteiger partial charge on any atom is -0.423 e. The molecule has 0 spiro atoms. The quantitative estimate of drug-likeness (QED) is 0.695. The molecule has 3 rings (SSSR count). The number of fused-ring (bicyclic) bond motifs is 1. The van der Waals surface area contributed by atoms with E-state index < -0.39 is 0 Å². The highest BCUT2D eigenvalue weighted by atomic mass is 16.4. The molecule has 4 nitrogen and oxygen atoms in total. The standard InChI is InChI=1S/C16H17N3O/c1-10(2)11-4-3-5-13(8-11)18-16-19-14-7-6-12(17)9-15(14)20-16/h3-10H,17H2,1-2H3,(H,18,19). The highest BCUT2D eigenvalue weighted by molar-refractivity contribution is 5.78. The van der Waals surface area contributed by atoms with E-state index in [0.717, 1.165) is 11.2 Å². The fourth-order valence-corrected chi connectivity index (χ4v) is 2.09. The lowest BCUT2D eigenvalue weighted by Gasteiger charge is -2.07. The van der Waals surface area contributed by atoms with E-state index >= 15 is 0 Å². The van der Waals surface area contributed by atoms with Crippen molar-refractivity contribution in [1.29, 1.82) is 0 Å². The molecule has 0 fully saturated rings. The number of nitrogens with one attached hydrogen (secondary N) is 1. The van der Waals surface area contributed by atoms with Gasteiger partial charge >= 0.3 is 0 Å². The molecule has 0 unspecified atom stereocenters. The second-order valence-corrected chi connectivity index (χ2v) is 5.15. The number of hydrogen-bond donors (Lipinski definition) is 2. The summed E-state index contributed by atoms with van der Waals surface area (Å²) in [6, 6.07) is 14.2. The van der Waals surface area contributed by atoms with E-state index in [0.29, 0.717) is 23.2 Å². The third kappa shape index (κ3) is 2.45. The first-order valence-electron chi connectivity index (χ1n) is 6.65. The molecule has 0 amide bonds. The van der Waals surface area contributed by atoms with Gasteiger partial charge < -0.3 is 15.5 Å². The first-order valence-corrected chi connectivity index (χ1v) is 6.65. The Balaban J connectivity index is 1.90. The Morgan fingerprint density at radius 3 is 2.80 bits per heavy atom. The Hall–Kier alpha value is -2.49. The highest BCUT2D eigenvalue weighted by Gasteiger charge is 2.07. The van der Waals surface area contributed by atoms with E-state index in [1.165, 1.54) is 5.56 Å². The van der Waals surface area contributed by atoms with Gasteiger partial charge in [-0.15, -0.1) is 0 Å². The van der Waals surface area contributed by atoms with Gasteiger partial charge in [0.15, 0.2) is 5.58 Å². The van der Waals surface area contributed by atoms with Gasteiger partial charge in [0.05, 0.1) is 0 Å². The van der Waals surface area contributed by atoms with E-state index in [1.807, 2.05) is 24.3 Å². The fraction of sp³-hybridized carbons (Fsp3) is 0.188. The van der Waals surface area contributed by atoms with Gasteiger partial charge in [-0.1, -0.05) is 26.0 Å². The van der Waals surface area contributed by atoms with Crippen LogP contribution in [0.15, 0.2) is 46.9 Å². The Bertz CT molecular complexity index is 746. The lowest BCUT2D eigenvalue weighted by Crippen LogP contribution is -1.93.